The predicted molar refractivity (Wildman–Crippen MR) is 78.3 cm³/mol. The maximum atomic E-state index is 12.2. The summed E-state index contributed by atoms with van der Waals surface area (Å²) in [5, 5.41) is 0. The number of carbonyl (C=O) groups is 1. The minimum absolute atomic E-state index is 0.00252. The molecule has 1 heterocycles. The van der Waals surface area contributed by atoms with Crippen LogP contribution in [0.25, 0.3) is 0 Å². The molecule has 4 nitrogen and oxygen atoms in total. The maximum absolute atomic E-state index is 12.2. The van der Waals surface area contributed by atoms with E-state index in [0.29, 0.717) is 22.8 Å². The average molecular weight is 284 g/mol. The van der Waals surface area contributed by atoms with Crippen LogP contribution in [0.3, 0.4) is 0 Å². The highest BCUT2D eigenvalue weighted by atomic mass is 16.7. The fraction of sp³-hybridized carbons (Fsp3) is 0.235. The summed E-state index contributed by atoms with van der Waals surface area (Å²) in [6, 6.07) is 11.1. The van der Waals surface area contributed by atoms with Crippen LogP contribution in [-0.4, -0.2) is 19.2 Å². The van der Waals surface area contributed by atoms with Crippen molar-refractivity contribution in [3.05, 3.63) is 53.1 Å². The van der Waals surface area contributed by atoms with E-state index in [2.05, 4.69) is 6.07 Å². The van der Waals surface area contributed by atoms with Crippen LogP contribution in [0, 0.1) is 13.8 Å². The first-order valence-electron chi connectivity index (χ1n) is 6.76. The minimum Gasteiger partial charge on any atom is -0.485 e. The van der Waals surface area contributed by atoms with Crippen LogP contribution >= 0.6 is 0 Å². The van der Waals surface area contributed by atoms with Crippen molar-refractivity contribution in [1.29, 1.82) is 0 Å². The van der Waals surface area contributed by atoms with E-state index in [4.69, 9.17) is 14.2 Å². The molecular weight excluding hydrogens is 268 g/mol. The zero-order valence-electron chi connectivity index (χ0n) is 12.0. The van der Waals surface area contributed by atoms with E-state index in [9.17, 15) is 4.79 Å². The Bertz CT molecular complexity index is 671. The Hall–Kier alpha value is -2.49. The highest BCUT2D eigenvalue weighted by molar-refractivity contribution is 5.97. The maximum Gasteiger partial charge on any atom is 0.231 e. The number of hydrogen-bond acceptors (Lipinski definition) is 4. The molecule has 2 aromatic rings. The zero-order chi connectivity index (χ0) is 14.8. The molecule has 0 radical (unpaired) electrons. The molecule has 0 unspecified atom stereocenters. The molecule has 2 aromatic carbocycles. The predicted octanol–water partition coefficient (Wildman–Crippen LogP) is 3.29. The molecular formula is C17H16O4. The van der Waals surface area contributed by atoms with Gasteiger partial charge in [0.05, 0.1) is 0 Å². The van der Waals surface area contributed by atoms with Gasteiger partial charge in [0.2, 0.25) is 6.79 Å². The lowest BCUT2D eigenvalue weighted by molar-refractivity contribution is 0.0921. The third-order valence-corrected chi connectivity index (χ3v) is 3.26. The lowest BCUT2D eigenvalue weighted by atomic mass is 10.1. The molecule has 0 spiro atoms. The van der Waals surface area contributed by atoms with E-state index in [1.54, 1.807) is 18.2 Å². The molecule has 108 valence electrons. The summed E-state index contributed by atoms with van der Waals surface area (Å²) in [4.78, 5) is 12.2. The van der Waals surface area contributed by atoms with Gasteiger partial charge < -0.3 is 14.2 Å². The minimum atomic E-state index is -0.0903. The largest absolute Gasteiger partial charge is 0.485 e. The lowest BCUT2D eigenvalue weighted by Crippen LogP contribution is -2.11. The first kappa shape index (κ1) is 13.5. The number of hydrogen-bond donors (Lipinski definition) is 0. The van der Waals surface area contributed by atoms with Gasteiger partial charge in [-0.05, 0) is 55.3 Å². The number of rotatable bonds is 4. The molecule has 0 saturated heterocycles. The van der Waals surface area contributed by atoms with Crippen molar-refractivity contribution in [2.24, 2.45) is 0 Å². The van der Waals surface area contributed by atoms with Crippen LogP contribution in [0.15, 0.2) is 36.4 Å². The summed E-state index contributed by atoms with van der Waals surface area (Å²) in [7, 11) is 0. The van der Waals surface area contributed by atoms with Crippen molar-refractivity contribution in [2.75, 3.05) is 13.4 Å². The quantitative estimate of drug-likeness (QED) is 0.808. The summed E-state index contributed by atoms with van der Waals surface area (Å²) < 4.78 is 16.1. The van der Waals surface area contributed by atoms with Crippen molar-refractivity contribution >= 4 is 5.78 Å². The molecule has 0 aliphatic carbocycles. The fourth-order valence-corrected chi connectivity index (χ4v) is 2.32. The standard InChI is InChI=1S/C17H16O4/c1-11-5-12(2)7-14(6-11)19-9-15(18)13-3-4-16-17(8-13)21-10-20-16/h3-8H,9-10H2,1-2H3. The third kappa shape index (κ3) is 2.99. The summed E-state index contributed by atoms with van der Waals surface area (Å²) in [5.74, 6) is 1.89. The van der Waals surface area contributed by atoms with Crippen molar-refractivity contribution in [3.63, 3.8) is 0 Å². The summed E-state index contributed by atoms with van der Waals surface area (Å²) in [5.41, 5.74) is 2.78. The first-order valence-corrected chi connectivity index (χ1v) is 6.76. The van der Waals surface area contributed by atoms with Crippen LogP contribution in [-0.2, 0) is 0 Å². The molecule has 0 aromatic heterocycles. The average Bonchev–Trinajstić information content (AvgIpc) is 2.91. The number of benzene rings is 2. The van der Waals surface area contributed by atoms with E-state index in [-0.39, 0.29) is 19.2 Å². The topological polar surface area (TPSA) is 44.8 Å². The second-order valence-electron chi connectivity index (χ2n) is 5.10. The summed E-state index contributed by atoms with van der Waals surface area (Å²) in [6.45, 7) is 4.20. The first-order chi connectivity index (χ1) is 10.1. The molecule has 0 saturated carbocycles. The van der Waals surface area contributed by atoms with E-state index in [1.165, 1.54) is 0 Å². The van der Waals surface area contributed by atoms with Gasteiger partial charge in [0.15, 0.2) is 23.9 Å². The second kappa shape index (κ2) is 5.48. The number of carbonyl (C=O) groups excluding carboxylic acids is 1. The van der Waals surface area contributed by atoms with Crippen molar-refractivity contribution in [3.8, 4) is 17.2 Å². The van der Waals surface area contributed by atoms with Gasteiger partial charge in [-0.1, -0.05) is 6.07 Å². The summed E-state index contributed by atoms with van der Waals surface area (Å²) in [6.07, 6.45) is 0. The highest BCUT2D eigenvalue weighted by Crippen LogP contribution is 2.32. The van der Waals surface area contributed by atoms with E-state index in [0.717, 1.165) is 11.1 Å². The van der Waals surface area contributed by atoms with Gasteiger partial charge in [-0.25, -0.2) is 0 Å². The van der Waals surface area contributed by atoms with Crippen molar-refractivity contribution < 1.29 is 19.0 Å². The molecule has 21 heavy (non-hydrogen) atoms. The molecule has 0 N–H and O–H groups in total. The Morgan fingerprint density at radius 1 is 1.05 bits per heavy atom. The fourth-order valence-electron chi connectivity index (χ4n) is 2.32. The van der Waals surface area contributed by atoms with Crippen molar-refractivity contribution in [2.45, 2.75) is 13.8 Å². The summed E-state index contributed by atoms with van der Waals surface area (Å²) >= 11 is 0. The lowest BCUT2D eigenvalue weighted by Gasteiger charge is -2.08. The van der Waals surface area contributed by atoms with Crippen LogP contribution in [0.4, 0.5) is 0 Å². The van der Waals surface area contributed by atoms with Crippen LogP contribution in [0.2, 0.25) is 0 Å². The molecule has 3 rings (SSSR count). The Morgan fingerprint density at radius 2 is 1.76 bits per heavy atom. The zero-order valence-corrected chi connectivity index (χ0v) is 12.0. The number of fused-ring (bicyclic) bond motifs is 1. The number of aryl methyl sites for hydroxylation is 2. The molecule has 0 atom stereocenters. The Morgan fingerprint density at radius 3 is 2.52 bits per heavy atom. The highest BCUT2D eigenvalue weighted by Gasteiger charge is 2.16. The van der Waals surface area contributed by atoms with Crippen LogP contribution in [0.5, 0.6) is 17.2 Å². The third-order valence-electron chi connectivity index (χ3n) is 3.26. The Labute approximate surface area is 123 Å². The van der Waals surface area contributed by atoms with Crippen LogP contribution in [0.1, 0.15) is 21.5 Å². The normalized spacial score (nSPS) is 12.3. The van der Waals surface area contributed by atoms with Crippen LogP contribution < -0.4 is 14.2 Å². The molecule has 1 aliphatic heterocycles. The van der Waals surface area contributed by atoms with Gasteiger partial charge in [-0.2, -0.15) is 0 Å². The molecule has 1 aliphatic rings. The van der Waals surface area contributed by atoms with Gasteiger partial charge in [-0.3, -0.25) is 4.79 Å². The van der Waals surface area contributed by atoms with E-state index < -0.39 is 0 Å². The number of Topliss-reactive ketones (excluding diaryl/α,β-unsaturated/α-hetero) is 1. The van der Waals surface area contributed by atoms with E-state index in [1.807, 2.05) is 26.0 Å². The van der Waals surface area contributed by atoms with Gasteiger partial charge >= 0.3 is 0 Å². The van der Waals surface area contributed by atoms with Crippen molar-refractivity contribution in [1.82, 2.24) is 0 Å². The SMILES string of the molecule is Cc1cc(C)cc(OCC(=O)c2ccc3c(c2)OCO3)c1. The van der Waals surface area contributed by atoms with Gasteiger partial charge in [-0.15, -0.1) is 0 Å². The number of ether oxygens (including phenoxy) is 3. The number of ketones is 1. The van der Waals surface area contributed by atoms with Gasteiger partial charge in [0.1, 0.15) is 5.75 Å². The monoisotopic (exact) mass is 284 g/mol. The molecule has 0 bridgehead atoms. The smallest absolute Gasteiger partial charge is 0.231 e. The Balaban J connectivity index is 1.69. The Kier molecular flexibility index (Phi) is 3.52. The van der Waals surface area contributed by atoms with E-state index >= 15 is 0 Å². The second-order valence-corrected chi connectivity index (χ2v) is 5.10. The van der Waals surface area contributed by atoms with Gasteiger partial charge in [0, 0.05) is 5.56 Å². The molecule has 4 heteroatoms. The molecule has 0 fully saturated rings. The molecule has 0 amide bonds. The van der Waals surface area contributed by atoms with Gasteiger partial charge in [0.25, 0.3) is 0 Å².